The molecule has 79 heavy (non-hydrogen) atoms. The van der Waals surface area contributed by atoms with Crippen molar-refractivity contribution < 1.29 is 34.4 Å². The molecule has 1 unspecified atom stereocenters. The third kappa shape index (κ3) is 11.1. The third-order valence-electron chi connectivity index (χ3n) is 27.3. The van der Waals surface area contributed by atoms with E-state index in [1.54, 1.807) is 0 Å². The lowest BCUT2D eigenvalue weighted by Crippen LogP contribution is -2.68. The van der Waals surface area contributed by atoms with Crippen LogP contribution in [0.15, 0.2) is 0 Å². The lowest BCUT2D eigenvalue weighted by atomic mass is 9.32. The summed E-state index contributed by atoms with van der Waals surface area (Å²) in [5, 5.41) is 41.0. The van der Waals surface area contributed by atoms with Crippen molar-refractivity contribution in [3.63, 3.8) is 0 Å². The molecule has 10 rings (SSSR count). The Morgan fingerprint density at radius 3 is 1.09 bits per heavy atom. The van der Waals surface area contributed by atoms with Crippen LogP contribution in [0.1, 0.15) is 321 Å². The summed E-state index contributed by atoms with van der Waals surface area (Å²) in [6.45, 7) is -0.0620. The zero-order valence-corrected chi connectivity index (χ0v) is 50.8. The fraction of sp³-hybridized carbons (Fsp3) is 0.971. The molecule has 0 spiro atoms. The normalized spacial score (nSPS) is 30.2. The Labute approximate surface area is 482 Å². The largest absolute Gasteiger partial charge is 0.394 e. The predicted octanol–water partition coefficient (Wildman–Crippen LogP) is 16.1. The van der Waals surface area contributed by atoms with Crippen LogP contribution >= 0.6 is 0 Å². The van der Waals surface area contributed by atoms with Crippen LogP contribution in [0.2, 0.25) is 0 Å². The highest BCUT2D eigenvalue weighted by molar-refractivity contribution is 5.85. The van der Waals surface area contributed by atoms with Crippen molar-refractivity contribution in [1.29, 1.82) is 0 Å². The van der Waals surface area contributed by atoms with Gasteiger partial charge < -0.3 is 35.4 Å². The molecule has 0 heterocycles. The maximum absolute atomic E-state index is 15.7. The van der Waals surface area contributed by atoms with Crippen LogP contribution in [0.3, 0.4) is 0 Å². The first-order chi connectivity index (χ1) is 38.7. The average Bonchev–Trinajstić information content (AvgIpc) is 2.24. The Bertz CT molecular complexity index is 1860. The van der Waals surface area contributed by atoms with Crippen LogP contribution in [0.5, 0.6) is 0 Å². The van der Waals surface area contributed by atoms with Gasteiger partial charge in [0.25, 0.3) is 0 Å². The van der Waals surface area contributed by atoms with Gasteiger partial charge in [0.15, 0.2) is 0 Å². The molecule has 0 aromatic heterocycles. The van der Waals surface area contributed by atoms with E-state index >= 15 is 9.59 Å². The Morgan fingerprint density at radius 2 is 0.722 bits per heavy atom. The molecule has 0 bridgehead atoms. The smallest absolute Gasteiger partial charge is 0.226 e. The highest BCUT2D eigenvalue weighted by atomic mass is 16.7. The van der Waals surface area contributed by atoms with Gasteiger partial charge in [-0.25, -0.2) is 0 Å². The van der Waals surface area contributed by atoms with Crippen molar-refractivity contribution in [3.8, 4) is 0 Å². The molecule has 5 N–H and O–H groups in total. The molecule has 10 aliphatic rings. The summed E-state index contributed by atoms with van der Waals surface area (Å²) >= 11 is 0. The molecule has 0 aromatic rings. The van der Waals surface area contributed by atoms with Crippen LogP contribution in [-0.4, -0.2) is 78.5 Å². The van der Waals surface area contributed by atoms with Gasteiger partial charge in [0.2, 0.25) is 11.8 Å². The Morgan fingerprint density at radius 1 is 0.405 bits per heavy atom. The topological polar surface area (TPSA) is 137 Å². The highest BCUT2D eigenvalue weighted by Gasteiger charge is 2.73. The number of aliphatic hydroxyl groups is 3. The van der Waals surface area contributed by atoms with Gasteiger partial charge in [-0.2, -0.15) is 0 Å². The molecular weight excluding hydrogens is 981 g/mol. The monoisotopic (exact) mass is 1100 g/mol. The molecule has 10 fully saturated rings. The molecular formula is C70H120N2O7. The van der Waals surface area contributed by atoms with Crippen molar-refractivity contribution in [2.45, 2.75) is 339 Å². The van der Waals surface area contributed by atoms with E-state index in [2.05, 4.69) is 10.6 Å². The van der Waals surface area contributed by atoms with Gasteiger partial charge in [0.1, 0.15) is 19.0 Å². The van der Waals surface area contributed by atoms with E-state index in [9.17, 15) is 15.3 Å². The minimum Gasteiger partial charge on any atom is -0.394 e. The lowest BCUT2D eigenvalue weighted by molar-refractivity contribution is -0.233. The van der Waals surface area contributed by atoms with Gasteiger partial charge in [0.05, 0.1) is 30.1 Å². The van der Waals surface area contributed by atoms with E-state index in [0.29, 0.717) is 23.3 Å². The number of hydrogen-bond donors (Lipinski definition) is 5. The number of amides is 2. The van der Waals surface area contributed by atoms with Crippen molar-refractivity contribution in [2.24, 2.45) is 55.2 Å². The molecule has 0 aromatic carbocycles. The summed E-state index contributed by atoms with van der Waals surface area (Å²) in [6.07, 6.45) is 60.0. The first-order valence-electron chi connectivity index (χ1n) is 35.4. The Kier molecular flexibility index (Phi) is 21.1. The van der Waals surface area contributed by atoms with Crippen molar-refractivity contribution in [3.05, 3.63) is 0 Å². The molecule has 3 atom stereocenters. The van der Waals surface area contributed by atoms with Crippen molar-refractivity contribution in [2.75, 3.05) is 33.1 Å². The van der Waals surface area contributed by atoms with Crippen LogP contribution < -0.4 is 10.6 Å². The van der Waals surface area contributed by atoms with Crippen LogP contribution in [-0.2, 0) is 19.1 Å². The number of nitrogens with one attached hydrogen (secondary N) is 2. The summed E-state index contributed by atoms with van der Waals surface area (Å²) in [6, 6.07) is 0. The van der Waals surface area contributed by atoms with Gasteiger partial charge in [-0.15, -0.1) is 0 Å². The number of ether oxygens (including phenoxy) is 2. The number of aliphatic hydroxyl groups excluding tert-OH is 3. The third-order valence-corrected chi connectivity index (χ3v) is 27.3. The Balaban J connectivity index is 0.797. The average molecular weight is 1100 g/mol. The summed E-state index contributed by atoms with van der Waals surface area (Å²) < 4.78 is 12.1. The first-order valence-corrected chi connectivity index (χ1v) is 35.4. The van der Waals surface area contributed by atoms with Gasteiger partial charge in [-0.3, -0.25) is 9.59 Å². The zero-order valence-electron chi connectivity index (χ0n) is 50.8. The van der Waals surface area contributed by atoms with Crippen LogP contribution in [0.4, 0.5) is 0 Å². The minimum absolute atomic E-state index is 0.0326. The fourth-order valence-electron chi connectivity index (χ4n) is 24.3. The number of rotatable bonds is 21. The zero-order chi connectivity index (χ0) is 54.8. The molecule has 10 aliphatic carbocycles. The molecule has 0 saturated heterocycles. The second-order valence-electron chi connectivity index (χ2n) is 29.9. The summed E-state index contributed by atoms with van der Waals surface area (Å²) in [5.74, 6) is 2.01. The molecule has 9 nitrogen and oxygen atoms in total. The van der Waals surface area contributed by atoms with Gasteiger partial charge in [0, 0.05) is 13.1 Å². The summed E-state index contributed by atoms with van der Waals surface area (Å²) in [4.78, 5) is 31.3. The molecule has 9 heteroatoms. The fourth-order valence-corrected chi connectivity index (χ4v) is 24.3. The standard InChI is InChI=1S/C70H120N2O7/c73-54-59(60(75)58(74)53-72-62(77)66(41-21-6-22-42-66)70(49-29-10-30-50-70)68(45-25-8-26-46-68)64(37-17-4-18-38-64)57-33-13-2-14-34-57)79-55-78-52-51-71-61(76)65(39-19-5-20-40-65)69(47-27-9-28-48-69)67(43-23-7-24-44-67)63(35-15-3-16-36-63)56-31-11-1-12-32-56/h56-60,73-75H,1-55H2,(H,71,76)(H,72,77)/t58-,59?,60-/m1/s1. The minimum atomic E-state index is -1.41. The van der Waals surface area contributed by atoms with E-state index in [-0.39, 0.29) is 52.9 Å². The number of hydrogen-bond acceptors (Lipinski definition) is 7. The van der Waals surface area contributed by atoms with Crippen LogP contribution in [0, 0.1) is 55.2 Å². The maximum atomic E-state index is 15.7. The number of carbonyl (C=O) groups is 2. The SMILES string of the molecule is O=C(NCCOCOC(CO)[C@H](O)[C@H](O)CNC(=O)C1(C2(C3(C4(C5CCCCC5)CCCCC4)CCCCC3)CCCCC2)CCCCC1)C1(C2(C3(C4(C5CCCCC5)CCCCC4)CCCCC3)CCCCC2)CCCCC1. The molecule has 0 radical (unpaired) electrons. The molecule has 452 valence electrons. The molecule has 2 amide bonds. The van der Waals surface area contributed by atoms with E-state index in [4.69, 9.17) is 9.47 Å². The van der Waals surface area contributed by atoms with Gasteiger partial charge in [-0.1, -0.05) is 193 Å². The molecule has 0 aliphatic heterocycles. The number of carbonyl (C=O) groups excluding carboxylic acids is 2. The summed E-state index contributed by atoms with van der Waals surface area (Å²) in [5.41, 5.74) is 0.187. The maximum Gasteiger partial charge on any atom is 0.226 e. The predicted molar refractivity (Wildman–Crippen MR) is 318 cm³/mol. The lowest BCUT2D eigenvalue weighted by Gasteiger charge is -2.72. The highest BCUT2D eigenvalue weighted by Crippen LogP contribution is 2.79. The van der Waals surface area contributed by atoms with E-state index < -0.39 is 30.3 Å². The summed E-state index contributed by atoms with van der Waals surface area (Å²) in [7, 11) is 0. The quantitative estimate of drug-likeness (QED) is 0.0570. The second-order valence-corrected chi connectivity index (χ2v) is 29.9. The van der Waals surface area contributed by atoms with Crippen molar-refractivity contribution >= 4 is 11.8 Å². The first kappa shape index (κ1) is 60.8. The van der Waals surface area contributed by atoms with E-state index in [1.165, 1.54) is 257 Å². The van der Waals surface area contributed by atoms with E-state index in [1.807, 2.05) is 0 Å². The van der Waals surface area contributed by atoms with Crippen molar-refractivity contribution in [1.82, 2.24) is 10.6 Å². The molecule has 10 saturated carbocycles. The van der Waals surface area contributed by atoms with E-state index in [0.717, 1.165) is 76.0 Å². The van der Waals surface area contributed by atoms with Gasteiger partial charge in [-0.05, 0) is 173 Å². The Hall–Kier alpha value is -1.26. The second kappa shape index (κ2) is 27.4. The van der Waals surface area contributed by atoms with Crippen LogP contribution in [0.25, 0.3) is 0 Å². The van der Waals surface area contributed by atoms with Gasteiger partial charge >= 0.3 is 0 Å².